The van der Waals surface area contributed by atoms with E-state index in [0.717, 1.165) is 16.9 Å². The normalized spacial score (nSPS) is 16.1. The van der Waals surface area contributed by atoms with Crippen molar-refractivity contribution < 1.29 is 14.3 Å². The van der Waals surface area contributed by atoms with Crippen molar-refractivity contribution in [3.63, 3.8) is 0 Å². The highest BCUT2D eigenvalue weighted by Crippen LogP contribution is 2.28. The quantitative estimate of drug-likeness (QED) is 0.497. The number of amides is 1. The molecular formula is C16H18N2O3S. The van der Waals surface area contributed by atoms with Crippen molar-refractivity contribution in [3.05, 3.63) is 46.5 Å². The van der Waals surface area contributed by atoms with E-state index < -0.39 is 5.97 Å². The van der Waals surface area contributed by atoms with Gasteiger partial charge in [0.1, 0.15) is 0 Å². The summed E-state index contributed by atoms with van der Waals surface area (Å²) in [5.74, 6) is -0.125. The number of hydrogen-bond donors (Lipinski definition) is 1. The van der Waals surface area contributed by atoms with Crippen LogP contribution in [0.25, 0.3) is 0 Å². The molecule has 1 heterocycles. The minimum Gasteiger partial charge on any atom is -0.402 e. The summed E-state index contributed by atoms with van der Waals surface area (Å²) in [6.45, 7) is 2.07. The first-order valence-electron chi connectivity index (χ1n) is 6.99. The maximum atomic E-state index is 12.0. The Morgan fingerprint density at radius 3 is 2.68 bits per heavy atom. The molecule has 0 fully saturated rings. The van der Waals surface area contributed by atoms with Gasteiger partial charge >= 0.3 is 5.97 Å². The number of nitrogens with one attached hydrogen (secondary N) is 1. The standard InChI is InChI=1S/C16H18N2O3S/c1-11(19)17-10-6-9-13(22-2)14-16(20)21-15(18-14)12-7-4-3-5-8-12/h3-5,7-8H,6,9-10H2,1-2H3,(H,17,19). The fraction of sp³-hybridized carbons (Fsp3) is 0.312. The fourth-order valence-electron chi connectivity index (χ4n) is 2.02. The van der Waals surface area contributed by atoms with E-state index in [4.69, 9.17) is 4.74 Å². The van der Waals surface area contributed by atoms with Gasteiger partial charge in [-0.25, -0.2) is 9.79 Å². The summed E-state index contributed by atoms with van der Waals surface area (Å²) in [5.41, 5.74) is 1.15. The number of cyclic esters (lactones) is 1. The number of ether oxygens (including phenoxy) is 1. The number of benzene rings is 1. The number of nitrogens with zero attached hydrogens (tertiary/aromatic N) is 1. The predicted molar refractivity (Wildman–Crippen MR) is 87.5 cm³/mol. The lowest BCUT2D eigenvalue weighted by Crippen LogP contribution is -2.20. The summed E-state index contributed by atoms with van der Waals surface area (Å²) in [6, 6.07) is 9.34. The topological polar surface area (TPSA) is 67.8 Å². The molecule has 1 aliphatic rings. The maximum Gasteiger partial charge on any atom is 0.364 e. The van der Waals surface area contributed by atoms with Crippen LogP contribution < -0.4 is 5.32 Å². The number of aliphatic imine (C=N–C) groups is 1. The zero-order valence-electron chi connectivity index (χ0n) is 12.6. The molecule has 116 valence electrons. The zero-order valence-corrected chi connectivity index (χ0v) is 13.4. The van der Waals surface area contributed by atoms with E-state index in [1.807, 2.05) is 36.6 Å². The molecule has 0 bridgehead atoms. The third-order valence-electron chi connectivity index (χ3n) is 3.08. The van der Waals surface area contributed by atoms with Gasteiger partial charge in [0.15, 0.2) is 5.70 Å². The minimum atomic E-state index is -0.414. The Kier molecular flexibility index (Phi) is 5.77. The molecule has 0 aromatic heterocycles. The van der Waals surface area contributed by atoms with Gasteiger partial charge < -0.3 is 10.1 Å². The summed E-state index contributed by atoms with van der Waals surface area (Å²) in [4.78, 5) is 28.1. The molecule has 5 nitrogen and oxygen atoms in total. The molecule has 0 radical (unpaired) electrons. The van der Waals surface area contributed by atoms with Crippen LogP contribution in [-0.4, -0.2) is 30.6 Å². The summed E-state index contributed by atoms with van der Waals surface area (Å²) < 4.78 is 5.26. The van der Waals surface area contributed by atoms with Crippen LogP contribution in [0.1, 0.15) is 25.3 Å². The fourth-order valence-corrected chi connectivity index (χ4v) is 2.69. The SMILES string of the molecule is CSC(CCCNC(C)=O)=C1N=C(c2ccccc2)OC1=O. The Balaban J connectivity index is 2.11. The van der Waals surface area contributed by atoms with E-state index in [1.165, 1.54) is 18.7 Å². The smallest absolute Gasteiger partial charge is 0.364 e. The Morgan fingerprint density at radius 1 is 1.32 bits per heavy atom. The van der Waals surface area contributed by atoms with Crippen molar-refractivity contribution >= 4 is 29.5 Å². The van der Waals surface area contributed by atoms with Crippen LogP contribution >= 0.6 is 11.8 Å². The third kappa shape index (κ3) is 4.21. The van der Waals surface area contributed by atoms with Crippen LogP contribution in [0.5, 0.6) is 0 Å². The van der Waals surface area contributed by atoms with Crippen LogP contribution in [-0.2, 0) is 14.3 Å². The first-order chi connectivity index (χ1) is 10.6. The highest BCUT2D eigenvalue weighted by atomic mass is 32.2. The molecule has 0 aliphatic carbocycles. The number of carbonyl (C=O) groups is 2. The van der Waals surface area contributed by atoms with Crippen molar-refractivity contribution in [1.82, 2.24) is 5.32 Å². The van der Waals surface area contributed by atoms with Crippen LogP contribution in [0.3, 0.4) is 0 Å². The van der Waals surface area contributed by atoms with E-state index in [1.54, 1.807) is 0 Å². The van der Waals surface area contributed by atoms with Gasteiger partial charge in [0.2, 0.25) is 11.8 Å². The van der Waals surface area contributed by atoms with Crippen molar-refractivity contribution in [2.45, 2.75) is 19.8 Å². The average molecular weight is 318 g/mol. The van der Waals surface area contributed by atoms with Crippen molar-refractivity contribution in [3.8, 4) is 0 Å². The number of allylic oxidation sites excluding steroid dienone is 1. The van der Waals surface area contributed by atoms with Gasteiger partial charge in [-0.15, -0.1) is 11.8 Å². The maximum absolute atomic E-state index is 12.0. The van der Waals surface area contributed by atoms with Gasteiger partial charge in [0.05, 0.1) is 0 Å². The van der Waals surface area contributed by atoms with Crippen molar-refractivity contribution in [2.24, 2.45) is 4.99 Å². The summed E-state index contributed by atoms with van der Waals surface area (Å²) in [6.07, 6.45) is 3.34. The Hall–Kier alpha value is -2.08. The average Bonchev–Trinajstić information content (AvgIpc) is 2.90. The van der Waals surface area contributed by atoms with E-state index >= 15 is 0 Å². The lowest BCUT2D eigenvalue weighted by Gasteiger charge is -2.05. The van der Waals surface area contributed by atoms with E-state index in [9.17, 15) is 9.59 Å². The molecule has 1 aromatic carbocycles. The molecule has 0 unspecified atom stereocenters. The first kappa shape index (κ1) is 16.3. The number of esters is 1. The second-order valence-corrected chi connectivity index (χ2v) is 5.64. The largest absolute Gasteiger partial charge is 0.402 e. The predicted octanol–water partition coefficient (Wildman–Crippen LogP) is 2.48. The molecule has 22 heavy (non-hydrogen) atoms. The van der Waals surface area contributed by atoms with Crippen LogP contribution in [0, 0.1) is 0 Å². The number of hydrogen-bond acceptors (Lipinski definition) is 5. The highest BCUT2D eigenvalue weighted by molar-refractivity contribution is 8.02. The Bertz CT molecular complexity index is 624. The minimum absolute atomic E-state index is 0.0528. The van der Waals surface area contributed by atoms with E-state index in [2.05, 4.69) is 10.3 Å². The molecule has 2 rings (SSSR count). The highest BCUT2D eigenvalue weighted by Gasteiger charge is 2.26. The van der Waals surface area contributed by atoms with E-state index in [0.29, 0.717) is 24.6 Å². The lowest BCUT2D eigenvalue weighted by atomic mass is 10.2. The molecule has 0 saturated heterocycles. The van der Waals surface area contributed by atoms with Crippen LogP contribution in [0.15, 0.2) is 45.9 Å². The van der Waals surface area contributed by atoms with Crippen LogP contribution in [0.4, 0.5) is 0 Å². The number of thioether (sulfide) groups is 1. The summed E-state index contributed by atoms with van der Waals surface area (Å²) in [5, 5.41) is 2.74. The summed E-state index contributed by atoms with van der Waals surface area (Å²) >= 11 is 1.49. The van der Waals surface area contributed by atoms with Crippen molar-refractivity contribution in [2.75, 3.05) is 12.8 Å². The molecule has 1 aliphatic heterocycles. The molecular weight excluding hydrogens is 300 g/mol. The van der Waals surface area contributed by atoms with E-state index in [-0.39, 0.29) is 5.91 Å². The van der Waals surface area contributed by atoms with Crippen molar-refractivity contribution in [1.29, 1.82) is 0 Å². The van der Waals surface area contributed by atoms with Gasteiger partial charge in [-0.05, 0) is 31.2 Å². The van der Waals surface area contributed by atoms with Gasteiger partial charge in [0.25, 0.3) is 0 Å². The molecule has 0 saturated carbocycles. The molecule has 1 aromatic rings. The third-order valence-corrected chi connectivity index (χ3v) is 3.97. The van der Waals surface area contributed by atoms with Gasteiger partial charge in [0, 0.05) is 23.9 Å². The number of rotatable bonds is 6. The van der Waals surface area contributed by atoms with Crippen LogP contribution in [0.2, 0.25) is 0 Å². The summed E-state index contributed by atoms with van der Waals surface area (Å²) in [7, 11) is 0. The number of carbonyl (C=O) groups excluding carboxylic acids is 2. The molecule has 0 atom stereocenters. The monoisotopic (exact) mass is 318 g/mol. The molecule has 0 spiro atoms. The van der Waals surface area contributed by atoms with Gasteiger partial charge in [-0.2, -0.15) is 0 Å². The zero-order chi connectivity index (χ0) is 15.9. The Morgan fingerprint density at radius 2 is 2.05 bits per heavy atom. The first-order valence-corrected chi connectivity index (χ1v) is 8.22. The van der Waals surface area contributed by atoms with Gasteiger partial charge in [-0.1, -0.05) is 18.2 Å². The molecule has 1 N–H and O–H groups in total. The second kappa shape index (κ2) is 7.79. The lowest BCUT2D eigenvalue weighted by molar-refractivity contribution is -0.130. The molecule has 1 amide bonds. The molecule has 6 heteroatoms. The van der Waals surface area contributed by atoms with Gasteiger partial charge in [-0.3, -0.25) is 4.79 Å². The second-order valence-electron chi connectivity index (χ2n) is 4.73. The Labute approximate surface area is 133 Å².